The van der Waals surface area contributed by atoms with Gasteiger partial charge in [-0.2, -0.15) is 5.26 Å². The summed E-state index contributed by atoms with van der Waals surface area (Å²) in [5.41, 5.74) is 3.42. The third kappa shape index (κ3) is 3.19. The highest BCUT2D eigenvalue weighted by Gasteiger charge is 2.11. The van der Waals surface area contributed by atoms with E-state index in [1.807, 2.05) is 36.8 Å². The van der Waals surface area contributed by atoms with Gasteiger partial charge in [-0.1, -0.05) is 54.1 Å². The highest BCUT2D eigenvalue weighted by molar-refractivity contribution is 6.31. The van der Waals surface area contributed by atoms with E-state index in [9.17, 15) is 0 Å². The first-order chi connectivity index (χ1) is 10.8. The van der Waals surface area contributed by atoms with E-state index in [1.165, 1.54) is 5.56 Å². The monoisotopic (exact) mass is 306 g/mol. The second-order valence-electron chi connectivity index (χ2n) is 4.87. The Morgan fingerprint density at radius 2 is 1.82 bits per heavy atom. The molecule has 1 radical (unpaired) electrons. The van der Waals surface area contributed by atoms with Gasteiger partial charge in [-0.25, -0.2) is 4.98 Å². The smallest absolute Gasteiger partial charge is 0.134 e. The molecule has 3 rings (SSSR count). The van der Waals surface area contributed by atoms with Crippen molar-refractivity contribution in [2.24, 2.45) is 0 Å². The minimum atomic E-state index is 0.504. The zero-order valence-electron chi connectivity index (χ0n) is 11.8. The molecule has 0 atom stereocenters. The van der Waals surface area contributed by atoms with Crippen LogP contribution < -0.4 is 0 Å². The number of benzene rings is 2. The van der Waals surface area contributed by atoms with Gasteiger partial charge in [-0.05, 0) is 24.1 Å². The van der Waals surface area contributed by atoms with Crippen molar-refractivity contribution in [2.45, 2.75) is 6.42 Å². The molecule has 1 heterocycles. The van der Waals surface area contributed by atoms with Crippen LogP contribution in [0.15, 0.2) is 54.6 Å². The van der Waals surface area contributed by atoms with Crippen LogP contribution in [0.4, 0.5) is 0 Å². The van der Waals surface area contributed by atoms with Crippen LogP contribution in [0.5, 0.6) is 0 Å². The molecule has 0 bridgehead atoms. The number of rotatable bonds is 4. The largest absolute Gasteiger partial charge is 0.332 e. The van der Waals surface area contributed by atoms with Crippen molar-refractivity contribution < 1.29 is 0 Å². The number of halogens is 1. The maximum Gasteiger partial charge on any atom is 0.134 e. The van der Waals surface area contributed by atoms with E-state index >= 15 is 0 Å². The fourth-order valence-electron chi connectivity index (χ4n) is 2.19. The molecule has 2 aromatic carbocycles. The van der Waals surface area contributed by atoms with Crippen LogP contribution in [0.3, 0.4) is 0 Å². The average molecular weight is 307 g/mol. The fraction of sp³-hybridized carbons (Fsp3) is 0.0556. The predicted molar refractivity (Wildman–Crippen MR) is 87.3 cm³/mol. The van der Waals surface area contributed by atoms with Crippen LogP contribution in [-0.2, 0) is 6.42 Å². The first-order valence-corrected chi connectivity index (χ1v) is 7.27. The number of nitrogens with zero attached hydrogens (tertiary/aromatic N) is 2. The minimum absolute atomic E-state index is 0.504. The molecule has 22 heavy (non-hydrogen) atoms. The second-order valence-corrected chi connectivity index (χ2v) is 5.25. The Morgan fingerprint density at radius 3 is 2.50 bits per heavy atom. The second kappa shape index (κ2) is 6.46. The number of hydrogen-bond acceptors (Lipinski definition) is 2. The van der Waals surface area contributed by atoms with Crippen LogP contribution in [-0.4, -0.2) is 9.97 Å². The molecule has 0 amide bonds. The molecular formula is C18H13ClN3. The molecule has 0 spiro atoms. The number of aromatic amines is 1. The van der Waals surface area contributed by atoms with Crippen LogP contribution in [0, 0.1) is 17.8 Å². The van der Waals surface area contributed by atoms with Gasteiger partial charge in [-0.3, -0.25) is 0 Å². The number of nitrogens with one attached hydrogen (secondary N) is 1. The van der Waals surface area contributed by atoms with Gasteiger partial charge >= 0.3 is 0 Å². The molecular weight excluding hydrogens is 294 g/mol. The molecule has 0 unspecified atom stereocenters. The summed E-state index contributed by atoms with van der Waals surface area (Å²) in [7, 11) is 0. The van der Waals surface area contributed by atoms with Crippen LogP contribution in [0.1, 0.15) is 17.0 Å². The summed E-state index contributed by atoms with van der Waals surface area (Å²) in [5.74, 6) is 0.744. The highest BCUT2D eigenvalue weighted by atomic mass is 35.5. The summed E-state index contributed by atoms with van der Waals surface area (Å²) < 4.78 is 0. The van der Waals surface area contributed by atoms with Crippen molar-refractivity contribution in [2.75, 3.05) is 0 Å². The van der Waals surface area contributed by atoms with E-state index in [0.29, 0.717) is 16.4 Å². The summed E-state index contributed by atoms with van der Waals surface area (Å²) in [6.07, 6.45) is 2.80. The molecule has 0 saturated carbocycles. The number of aromatic nitrogens is 2. The lowest BCUT2D eigenvalue weighted by atomic mass is 10.1. The minimum Gasteiger partial charge on any atom is -0.332 e. The molecule has 1 N–H and O–H groups in total. The zero-order chi connectivity index (χ0) is 15.4. The lowest BCUT2D eigenvalue weighted by molar-refractivity contribution is 1.07. The first kappa shape index (κ1) is 14.4. The van der Waals surface area contributed by atoms with Gasteiger partial charge in [0.25, 0.3) is 0 Å². The molecule has 0 aliphatic rings. The first-order valence-electron chi connectivity index (χ1n) is 6.89. The number of H-pyrrole nitrogens is 1. The molecule has 3 aromatic rings. The van der Waals surface area contributed by atoms with Crippen molar-refractivity contribution in [3.63, 3.8) is 0 Å². The summed E-state index contributed by atoms with van der Waals surface area (Å²) >= 11 is 6.23. The highest BCUT2D eigenvalue weighted by Crippen LogP contribution is 2.26. The number of hydrogen-bond donors (Lipinski definition) is 1. The van der Waals surface area contributed by atoms with E-state index in [-0.39, 0.29) is 0 Å². The van der Waals surface area contributed by atoms with Gasteiger partial charge in [0.1, 0.15) is 16.7 Å². The van der Waals surface area contributed by atoms with E-state index in [2.05, 4.69) is 28.2 Å². The van der Waals surface area contributed by atoms with E-state index in [1.54, 1.807) is 12.1 Å². The SMILES string of the molecule is N#Cc1ccc(-c2nc([CH]Cc3ccccc3)[nH]c2Cl)cc1. The van der Waals surface area contributed by atoms with Crippen molar-refractivity contribution in [1.29, 1.82) is 5.26 Å². The normalized spacial score (nSPS) is 10.4. The third-order valence-electron chi connectivity index (χ3n) is 3.34. The quantitative estimate of drug-likeness (QED) is 0.777. The van der Waals surface area contributed by atoms with Gasteiger partial charge in [0, 0.05) is 12.0 Å². The Balaban J connectivity index is 1.77. The van der Waals surface area contributed by atoms with Crippen molar-refractivity contribution >= 4 is 11.6 Å². The Morgan fingerprint density at radius 1 is 1.09 bits per heavy atom. The van der Waals surface area contributed by atoms with Crippen LogP contribution in [0.2, 0.25) is 5.15 Å². The molecule has 0 aliphatic carbocycles. The molecule has 0 saturated heterocycles. The Kier molecular flexibility index (Phi) is 4.22. The van der Waals surface area contributed by atoms with Crippen molar-refractivity contribution in [1.82, 2.24) is 9.97 Å². The third-order valence-corrected chi connectivity index (χ3v) is 3.61. The van der Waals surface area contributed by atoms with Gasteiger partial charge in [0.2, 0.25) is 0 Å². The molecule has 107 valence electrons. The topological polar surface area (TPSA) is 52.5 Å². The molecule has 1 aromatic heterocycles. The zero-order valence-corrected chi connectivity index (χ0v) is 12.5. The number of imidazole rings is 1. The predicted octanol–water partition coefficient (Wildman–Crippen LogP) is 4.40. The van der Waals surface area contributed by atoms with Gasteiger partial charge in [0.15, 0.2) is 0 Å². The Bertz CT molecular complexity index is 799. The maximum absolute atomic E-state index is 8.83. The lowest BCUT2D eigenvalue weighted by Crippen LogP contribution is -1.90. The Labute approximate surface area is 134 Å². The van der Waals surface area contributed by atoms with Crippen LogP contribution >= 0.6 is 11.6 Å². The summed E-state index contributed by atoms with van der Waals surface area (Å²) in [6.45, 7) is 0. The van der Waals surface area contributed by atoms with Gasteiger partial charge < -0.3 is 4.98 Å². The molecule has 0 fully saturated rings. The van der Waals surface area contributed by atoms with Crippen LogP contribution in [0.25, 0.3) is 11.3 Å². The van der Waals surface area contributed by atoms with E-state index < -0.39 is 0 Å². The summed E-state index contributed by atoms with van der Waals surface area (Å²) in [6, 6.07) is 19.5. The van der Waals surface area contributed by atoms with E-state index in [0.717, 1.165) is 17.8 Å². The number of nitriles is 1. The maximum atomic E-state index is 8.83. The molecule has 0 aliphatic heterocycles. The van der Waals surface area contributed by atoms with Gasteiger partial charge in [0.05, 0.1) is 11.6 Å². The molecule has 4 heteroatoms. The standard InChI is InChI=1S/C18H13ClN3/c19-18-17(15-9-6-14(12-20)7-10-15)21-16(22-18)11-8-13-4-2-1-3-5-13/h1-7,9-11H,8H2,(H,21,22). The Hall–Kier alpha value is -2.57. The summed E-state index contributed by atoms with van der Waals surface area (Å²) in [5, 5.41) is 9.34. The van der Waals surface area contributed by atoms with Crippen molar-refractivity contribution in [3.05, 3.63) is 83.1 Å². The fourth-order valence-corrected chi connectivity index (χ4v) is 2.44. The lowest BCUT2D eigenvalue weighted by Gasteiger charge is -1.98. The van der Waals surface area contributed by atoms with Crippen molar-refractivity contribution in [3.8, 4) is 17.3 Å². The van der Waals surface area contributed by atoms with E-state index in [4.69, 9.17) is 16.9 Å². The summed E-state index contributed by atoms with van der Waals surface area (Å²) in [4.78, 5) is 7.60. The average Bonchev–Trinajstić information content (AvgIpc) is 2.95. The van der Waals surface area contributed by atoms with Gasteiger partial charge in [-0.15, -0.1) is 0 Å². The molecule has 3 nitrogen and oxygen atoms in total.